The average molecular weight is 609 g/mol. The first-order chi connectivity index (χ1) is 19.1. The van der Waals surface area contributed by atoms with Crippen molar-refractivity contribution in [2.75, 3.05) is 38.8 Å². The molecule has 0 unspecified atom stereocenters. The molecule has 0 aliphatic heterocycles. The Morgan fingerprint density at radius 2 is 1.71 bits per heavy atom. The number of carboxylic acid groups (broad SMARTS) is 1. The number of methoxy groups -OCH3 is 1. The van der Waals surface area contributed by atoms with Crippen molar-refractivity contribution in [1.29, 1.82) is 5.26 Å². The predicted molar refractivity (Wildman–Crippen MR) is 152 cm³/mol. The first-order valence-corrected chi connectivity index (χ1v) is 16.5. The highest BCUT2D eigenvalue weighted by atomic mass is 32.2. The van der Waals surface area contributed by atoms with Gasteiger partial charge in [0.25, 0.3) is 0 Å². The maximum Gasteiger partial charge on any atom is 0.243 e. The Kier molecular flexibility index (Phi) is 12.1. The Hall–Kier alpha value is -3.18. The normalized spacial score (nSPS) is 13.8. The number of nitrogens with zero attached hydrogens (tertiary/aromatic N) is 3. The van der Waals surface area contributed by atoms with Crippen LogP contribution in [0.25, 0.3) is 0 Å². The van der Waals surface area contributed by atoms with Crippen molar-refractivity contribution in [2.24, 2.45) is 5.41 Å². The van der Waals surface area contributed by atoms with E-state index in [1.807, 2.05) is 0 Å². The van der Waals surface area contributed by atoms with Crippen molar-refractivity contribution in [2.45, 2.75) is 50.2 Å². The van der Waals surface area contributed by atoms with Crippen LogP contribution in [-0.4, -0.2) is 88.1 Å². The van der Waals surface area contributed by atoms with Crippen molar-refractivity contribution >= 4 is 26.0 Å². The molecule has 0 heterocycles. The van der Waals surface area contributed by atoms with Gasteiger partial charge in [0.15, 0.2) is 0 Å². The monoisotopic (exact) mass is 608 g/mol. The van der Waals surface area contributed by atoms with Crippen molar-refractivity contribution in [3.63, 3.8) is 0 Å². The van der Waals surface area contributed by atoms with Crippen LogP contribution in [-0.2, 0) is 26.3 Å². The smallest absolute Gasteiger partial charge is 0.243 e. The number of hydrogen-bond acceptors (Lipinski definition) is 9. The summed E-state index contributed by atoms with van der Waals surface area (Å²) in [6.45, 7) is 2.56. The lowest BCUT2D eigenvalue weighted by atomic mass is 9.88. The SMILES string of the molecule is COc1ccc(S(=O)(=O)N(C[C@@H](O)[C@H](Cc2ccccc2)N(CCS(C)(=O)=O)C(=O)[O-])CC(C)(C)CCC#N)cc1. The summed E-state index contributed by atoms with van der Waals surface area (Å²) >= 11 is 0. The van der Waals surface area contributed by atoms with Gasteiger partial charge >= 0.3 is 0 Å². The summed E-state index contributed by atoms with van der Waals surface area (Å²) < 4.78 is 57.6. The van der Waals surface area contributed by atoms with Gasteiger partial charge in [-0.15, -0.1) is 0 Å². The minimum Gasteiger partial charge on any atom is -0.530 e. The van der Waals surface area contributed by atoms with Gasteiger partial charge in [0.05, 0.1) is 36.0 Å². The van der Waals surface area contributed by atoms with Gasteiger partial charge in [-0.1, -0.05) is 44.2 Å². The number of sulfonamides is 1. The van der Waals surface area contributed by atoms with E-state index in [-0.39, 0.29) is 24.3 Å². The molecule has 2 atom stereocenters. The van der Waals surface area contributed by atoms with E-state index in [4.69, 9.17) is 10.00 Å². The third-order valence-electron chi connectivity index (χ3n) is 6.68. The van der Waals surface area contributed by atoms with E-state index in [9.17, 15) is 31.8 Å². The van der Waals surface area contributed by atoms with Crippen molar-refractivity contribution in [3.8, 4) is 11.8 Å². The van der Waals surface area contributed by atoms with Crippen molar-refractivity contribution in [1.82, 2.24) is 9.21 Å². The lowest BCUT2D eigenvalue weighted by Crippen LogP contribution is -2.57. The highest BCUT2D eigenvalue weighted by Gasteiger charge is 2.36. The molecule has 13 heteroatoms. The minimum absolute atomic E-state index is 0.0198. The van der Waals surface area contributed by atoms with Crippen LogP contribution < -0.4 is 9.84 Å². The summed E-state index contributed by atoms with van der Waals surface area (Å²) in [7, 11) is -6.32. The molecule has 0 fully saturated rings. The molecule has 0 saturated heterocycles. The van der Waals surface area contributed by atoms with Gasteiger partial charge in [-0.2, -0.15) is 9.57 Å². The Morgan fingerprint density at radius 3 is 2.22 bits per heavy atom. The Morgan fingerprint density at radius 1 is 1.10 bits per heavy atom. The van der Waals surface area contributed by atoms with E-state index in [1.54, 1.807) is 44.2 Å². The first kappa shape index (κ1) is 34.0. The molecule has 2 aromatic rings. The number of amides is 1. The second kappa shape index (κ2) is 14.6. The molecule has 11 nitrogen and oxygen atoms in total. The third kappa shape index (κ3) is 10.6. The van der Waals surface area contributed by atoms with Crippen LogP contribution >= 0.6 is 0 Å². The highest BCUT2D eigenvalue weighted by molar-refractivity contribution is 7.90. The van der Waals surface area contributed by atoms with Crippen LogP contribution in [0.4, 0.5) is 4.79 Å². The topological polar surface area (TPSA) is 168 Å². The number of carbonyl (C=O) groups excluding carboxylic acids is 1. The van der Waals surface area contributed by atoms with Crippen LogP contribution in [0.15, 0.2) is 59.5 Å². The second-order valence-electron chi connectivity index (χ2n) is 10.7. The van der Waals surface area contributed by atoms with E-state index in [0.717, 1.165) is 15.5 Å². The van der Waals surface area contributed by atoms with Crippen LogP contribution in [0, 0.1) is 16.7 Å². The minimum atomic E-state index is -4.21. The fraction of sp³-hybridized carbons (Fsp3) is 0.500. The van der Waals surface area contributed by atoms with Crippen molar-refractivity contribution in [3.05, 3.63) is 60.2 Å². The molecule has 226 valence electrons. The molecule has 2 aromatic carbocycles. The number of benzene rings is 2. The number of aliphatic hydroxyl groups is 1. The summed E-state index contributed by atoms with van der Waals surface area (Å²) in [5.74, 6) is -0.0584. The van der Waals surface area contributed by atoms with Crippen LogP contribution in [0.5, 0.6) is 5.75 Å². The molecule has 0 saturated carbocycles. The molecule has 0 radical (unpaired) electrons. The molecule has 1 amide bonds. The zero-order valence-electron chi connectivity index (χ0n) is 23.8. The van der Waals surface area contributed by atoms with Crippen LogP contribution in [0.3, 0.4) is 0 Å². The fourth-order valence-corrected chi connectivity index (χ4v) is 6.57. The van der Waals surface area contributed by atoms with E-state index in [0.29, 0.717) is 17.7 Å². The molecular formula is C28H38N3O8S2-. The first-order valence-electron chi connectivity index (χ1n) is 13.0. The molecule has 2 rings (SSSR count). The number of carbonyl (C=O) groups is 1. The zero-order valence-corrected chi connectivity index (χ0v) is 25.4. The summed E-state index contributed by atoms with van der Waals surface area (Å²) in [4.78, 5) is 12.9. The molecule has 1 N–H and O–H groups in total. The molecular weight excluding hydrogens is 570 g/mol. The summed E-state index contributed by atoms with van der Waals surface area (Å²) in [6, 6.07) is 15.2. The number of aliphatic hydroxyl groups excluding tert-OH is 1. The molecule has 0 aromatic heterocycles. The third-order valence-corrected chi connectivity index (χ3v) is 9.43. The number of nitriles is 1. The molecule has 0 spiro atoms. The zero-order chi connectivity index (χ0) is 30.8. The number of rotatable bonds is 16. The molecule has 0 aliphatic rings. The number of hydrogen-bond donors (Lipinski definition) is 1. The van der Waals surface area contributed by atoms with E-state index >= 15 is 0 Å². The maximum absolute atomic E-state index is 13.8. The van der Waals surface area contributed by atoms with Crippen LogP contribution in [0.2, 0.25) is 0 Å². The Bertz CT molecular complexity index is 1390. The van der Waals surface area contributed by atoms with Crippen molar-refractivity contribution < 1.29 is 36.6 Å². The predicted octanol–water partition coefficient (Wildman–Crippen LogP) is 1.68. The lowest BCUT2D eigenvalue weighted by molar-refractivity contribution is -0.269. The van der Waals surface area contributed by atoms with Gasteiger partial charge in [-0.3, -0.25) is 0 Å². The van der Waals surface area contributed by atoms with Gasteiger partial charge < -0.3 is 24.6 Å². The van der Waals surface area contributed by atoms with Gasteiger partial charge in [0, 0.05) is 32.3 Å². The van der Waals surface area contributed by atoms with E-state index in [1.165, 1.54) is 31.4 Å². The summed E-state index contributed by atoms with van der Waals surface area (Å²) in [5, 5.41) is 32.8. The van der Waals surface area contributed by atoms with Gasteiger partial charge in [-0.25, -0.2) is 16.8 Å². The standard InChI is InChI=1S/C28H39N3O8S2/c1-28(2,15-8-16-29)21-30(41(37,38)24-13-11-23(39-3)12-14-24)20-26(32)25(19-22-9-6-5-7-10-22)31(27(33)34)17-18-40(4,35)36/h5-7,9-14,25-26,32H,8,15,17-21H2,1-4H3,(H,33,34)/p-1/t25-,26+/m0/s1. The Labute approximate surface area is 242 Å². The Balaban J connectivity index is 2.53. The quantitative estimate of drug-likeness (QED) is 0.298. The number of sulfone groups is 1. The van der Waals surface area contributed by atoms with Gasteiger partial charge in [-0.05, 0) is 48.1 Å². The molecule has 0 bridgehead atoms. The number of ether oxygens (including phenoxy) is 1. The van der Waals surface area contributed by atoms with Gasteiger partial charge in [0.2, 0.25) is 10.0 Å². The van der Waals surface area contributed by atoms with Gasteiger partial charge in [0.1, 0.15) is 21.7 Å². The largest absolute Gasteiger partial charge is 0.530 e. The lowest BCUT2D eigenvalue weighted by Gasteiger charge is -2.39. The second-order valence-corrected chi connectivity index (χ2v) is 14.9. The van der Waals surface area contributed by atoms with E-state index < -0.39 is 62.4 Å². The summed E-state index contributed by atoms with van der Waals surface area (Å²) in [5.41, 5.74) is -0.0186. The molecule has 0 aliphatic carbocycles. The highest BCUT2D eigenvalue weighted by Crippen LogP contribution is 2.29. The maximum atomic E-state index is 13.8. The molecule has 41 heavy (non-hydrogen) atoms. The van der Waals surface area contributed by atoms with E-state index in [2.05, 4.69) is 6.07 Å². The van der Waals surface area contributed by atoms with Crippen LogP contribution in [0.1, 0.15) is 32.3 Å². The summed E-state index contributed by atoms with van der Waals surface area (Å²) in [6.07, 6.45) is -1.74. The fourth-order valence-electron chi connectivity index (χ4n) is 4.39. The average Bonchev–Trinajstić information content (AvgIpc) is 2.90.